The summed E-state index contributed by atoms with van der Waals surface area (Å²) in [6.07, 6.45) is -2.97. The van der Waals surface area contributed by atoms with Crippen molar-refractivity contribution in [3.05, 3.63) is 0 Å². The van der Waals surface area contributed by atoms with Crippen molar-refractivity contribution in [3.8, 4) is 0 Å². The molecule has 1 atom stereocenters. The van der Waals surface area contributed by atoms with Crippen molar-refractivity contribution in [2.24, 2.45) is 0 Å². The smallest absolute Gasteiger partial charge is 0.450 e. The zero-order valence-corrected chi connectivity index (χ0v) is 5.97. The van der Waals surface area contributed by atoms with Gasteiger partial charge in [-0.3, -0.25) is 0 Å². The number of cyclic esters (lactones) is 2. The highest BCUT2D eigenvalue weighted by Crippen LogP contribution is 2.03. The molecule has 1 unspecified atom stereocenters. The quantitative estimate of drug-likeness (QED) is 0.476. The number of aliphatic hydroxyl groups is 1. The van der Waals surface area contributed by atoms with Gasteiger partial charge in [-0.15, -0.1) is 0 Å². The molecule has 1 aliphatic rings. The molecule has 1 rings (SSSR count). The van der Waals surface area contributed by atoms with Gasteiger partial charge in [-0.25, -0.2) is 9.59 Å². The normalized spacial score (nSPS) is 20.1. The third-order valence-electron chi connectivity index (χ3n) is 0.854. The zero-order chi connectivity index (χ0) is 9.56. The predicted molar refractivity (Wildman–Crippen MR) is 34.0 cm³/mol. The van der Waals surface area contributed by atoms with E-state index in [2.05, 4.69) is 9.47 Å². The maximum absolute atomic E-state index is 10.1. The van der Waals surface area contributed by atoms with Crippen molar-refractivity contribution < 1.29 is 34.4 Å². The van der Waals surface area contributed by atoms with Crippen LogP contribution >= 0.6 is 0 Å². The highest BCUT2D eigenvalue weighted by atomic mass is 16.8. The van der Waals surface area contributed by atoms with Gasteiger partial charge in [0.2, 0.25) is 0 Å². The Kier molecular flexibility index (Phi) is 4.54. The molecule has 7 heteroatoms. The molecule has 0 spiro atoms. The number of carbonyl (C=O) groups excluding carboxylic acids is 1. The van der Waals surface area contributed by atoms with Crippen molar-refractivity contribution in [1.29, 1.82) is 0 Å². The lowest BCUT2D eigenvalue weighted by molar-refractivity contribution is 0.0919. The number of aliphatic hydroxyl groups excluding tert-OH is 1. The van der Waals surface area contributed by atoms with Crippen molar-refractivity contribution in [2.45, 2.75) is 6.10 Å². The van der Waals surface area contributed by atoms with Crippen LogP contribution in [0.3, 0.4) is 0 Å². The first kappa shape index (κ1) is 10.5. The summed E-state index contributed by atoms with van der Waals surface area (Å²) in [5, 5.41) is 22.3. The standard InChI is InChI=1S/C4H6O4.CH2O3/c5-1-3-2-7-4(6)8-3;2-1(3)4/h3,5H,1-2H2;(H2,2,3,4). The number of carbonyl (C=O) groups is 2. The highest BCUT2D eigenvalue weighted by Gasteiger charge is 2.23. The van der Waals surface area contributed by atoms with Crippen LogP contribution in [0, 0.1) is 0 Å². The van der Waals surface area contributed by atoms with Crippen LogP contribution in [-0.2, 0) is 9.47 Å². The fourth-order valence-electron chi connectivity index (χ4n) is 0.455. The Morgan fingerprint density at radius 3 is 2.25 bits per heavy atom. The molecule has 1 heterocycles. The van der Waals surface area contributed by atoms with Gasteiger partial charge >= 0.3 is 12.3 Å². The molecule has 1 saturated heterocycles. The van der Waals surface area contributed by atoms with E-state index in [4.69, 9.17) is 20.1 Å². The molecule has 0 saturated carbocycles. The summed E-state index contributed by atoms with van der Waals surface area (Å²) in [4.78, 5) is 18.6. The molecule has 0 bridgehead atoms. The topological polar surface area (TPSA) is 113 Å². The molecule has 0 aromatic rings. The molecular formula is C5H8O7. The fraction of sp³-hybridized carbons (Fsp3) is 0.600. The third-order valence-corrected chi connectivity index (χ3v) is 0.854. The lowest BCUT2D eigenvalue weighted by atomic mass is 10.4. The first-order chi connectivity index (χ1) is 5.56. The fourth-order valence-corrected chi connectivity index (χ4v) is 0.455. The summed E-state index contributed by atoms with van der Waals surface area (Å²) in [6, 6.07) is 0. The Bertz CT molecular complexity index is 161. The van der Waals surface area contributed by atoms with Crippen molar-refractivity contribution >= 4 is 12.3 Å². The minimum Gasteiger partial charge on any atom is -0.450 e. The first-order valence-electron chi connectivity index (χ1n) is 2.92. The second-order valence-electron chi connectivity index (χ2n) is 1.77. The van der Waals surface area contributed by atoms with E-state index in [1.807, 2.05) is 0 Å². The van der Waals surface area contributed by atoms with E-state index in [1.165, 1.54) is 0 Å². The maximum Gasteiger partial charge on any atom is 0.508 e. The molecule has 0 aromatic heterocycles. The van der Waals surface area contributed by atoms with Crippen molar-refractivity contribution in [3.63, 3.8) is 0 Å². The molecule has 1 aliphatic heterocycles. The van der Waals surface area contributed by atoms with Crippen LogP contribution in [0.2, 0.25) is 0 Å². The number of hydrogen-bond acceptors (Lipinski definition) is 5. The lowest BCUT2D eigenvalue weighted by Gasteiger charge is -1.96. The van der Waals surface area contributed by atoms with Crippen LogP contribution in [0.25, 0.3) is 0 Å². The largest absolute Gasteiger partial charge is 0.508 e. The zero-order valence-electron chi connectivity index (χ0n) is 5.97. The van der Waals surface area contributed by atoms with Crippen LogP contribution in [0.4, 0.5) is 9.59 Å². The SMILES string of the molecule is O=C(O)O.O=C1OCC(CO)O1. The summed E-state index contributed by atoms with van der Waals surface area (Å²) >= 11 is 0. The van der Waals surface area contributed by atoms with Crippen LogP contribution in [0.5, 0.6) is 0 Å². The Morgan fingerprint density at radius 2 is 2.08 bits per heavy atom. The molecule has 7 nitrogen and oxygen atoms in total. The van der Waals surface area contributed by atoms with Crippen LogP contribution in [0.1, 0.15) is 0 Å². The average Bonchev–Trinajstić information content (AvgIpc) is 2.34. The van der Waals surface area contributed by atoms with E-state index in [0.29, 0.717) is 0 Å². The van der Waals surface area contributed by atoms with Gasteiger partial charge < -0.3 is 24.8 Å². The first-order valence-corrected chi connectivity index (χ1v) is 2.92. The molecule has 0 radical (unpaired) electrons. The van der Waals surface area contributed by atoms with Gasteiger partial charge in [0.15, 0.2) is 6.10 Å². The Morgan fingerprint density at radius 1 is 1.58 bits per heavy atom. The van der Waals surface area contributed by atoms with E-state index < -0.39 is 18.4 Å². The summed E-state index contributed by atoms with van der Waals surface area (Å²) < 4.78 is 8.73. The number of carboxylic acid groups (broad SMARTS) is 2. The summed E-state index contributed by atoms with van der Waals surface area (Å²) in [5.74, 6) is 0. The highest BCUT2D eigenvalue weighted by molar-refractivity contribution is 5.61. The van der Waals surface area contributed by atoms with Gasteiger partial charge in [0.25, 0.3) is 0 Å². The summed E-state index contributed by atoms with van der Waals surface area (Å²) in [7, 11) is 0. The molecule has 0 aliphatic carbocycles. The number of hydrogen-bond donors (Lipinski definition) is 3. The van der Waals surface area contributed by atoms with Gasteiger partial charge in [0.05, 0.1) is 6.61 Å². The van der Waals surface area contributed by atoms with Crippen LogP contribution in [0.15, 0.2) is 0 Å². The maximum atomic E-state index is 10.1. The molecule has 0 amide bonds. The molecule has 3 N–H and O–H groups in total. The van der Waals surface area contributed by atoms with Gasteiger partial charge in [-0.1, -0.05) is 0 Å². The van der Waals surface area contributed by atoms with Gasteiger partial charge in [0.1, 0.15) is 6.61 Å². The molecule has 12 heavy (non-hydrogen) atoms. The predicted octanol–water partition coefficient (Wildman–Crippen LogP) is -0.263. The monoisotopic (exact) mass is 180 g/mol. The third kappa shape index (κ3) is 5.30. The van der Waals surface area contributed by atoms with E-state index in [9.17, 15) is 4.79 Å². The van der Waals surface area contributed by atoms with Gasteiger partial charge in [-0.05, 0) is 0 Å². The minimum absolute atomic E-state index is 0.161. The Balaban J connectivity index is 0.000000261. The van der Waals surface area contributed by atoms with Crippen LogP contribution in [-0.4, -0.2) is 46.9 Å². The van der Waals surface area contributed by atoms with Crippen molar-refractivity contribution in [1.82, 2.24) is 0 Å². The Hall–Kier alpha value is -1.50. The summed E-state index contributed by atoms with van der Waals surface area (Å²) in [6.45, 7) is 0.0150. The molecule has 1 fully saturated rings. The van der Waals surface area contributed by atoms with Crippen LogP contribution < -0.4 is 0 Å². The van der Waals surface area contributed by atoms with Crippen molar-refractivity contribution in [2.75, 3.05) is 13.2 Å². The lowest BCUT2D eigenvalue weighted by Crippen LogP contribution is -2.14. The summed E-state index contributed by atoms with van der Waals surface area (Å²) in [5.41, 5.74) is 0. The second-order valence-corrected chi connectivity index (χ2v) is 1.77. The van der Waals surface area contributed by atoms with Gasteiger partial charge in [-0.2, -0.15) is 0 Å². The van der Waals surface area contributed by atoms with E-state index in [1.54, 1.807) is 0 Å². The van der Waals surface area contributed by atoms with E-state index >= 15 is 0 Å². The number of ether oxygens (including phenoxy) is 2. The molecule has 70 valence electrons. The minimum atomic E-state index is -1.83. The van der Waals surface area contributed by atoms with Gasteiger partial charge in [0, 0.05) is 0 Å². The Labute approximate surface area is 67.1 Å². The van der Waals surface area contributed by atoms with E-state index in [0.717, 1.165) is 0 Å². The molecular weight excluding hydrogens is 172 g/mol. The van der Waals surface area contributed by atoms with E-state index in [-0.39, 0.29) is 13.2 Å². The number of rotatable bonds is 1. The second kappa shape index (κ2) is 5.19. The molecule has 0 aromatic carbocycles. The average molecular weight is 180 g/mol.